The number of aliphatic carboxylic acids is 1. The fraction of sp³-hybridized carbons (Fsp3) is 0.190. The zero-order valence-electron chi connectivity index (χ0n) is 16.2. The van der Waals surface area contributed by atoms with Crippen LogP contribution in [0.25, 0.3) is 11.0 Å². The van der Waals surface area contributed by atoms with E-state index in [2.05, 4.69) is 4.99 Å². The second kappa shape index (κ2) is 9.90. The third kappa shape index (κ3) is 6.96. The largest absolute Gasteiger partial charge is 0.861 e. The number of hydrogen-bond acceptors (Lipinski definition) is 6. The van der Waals surface area contributed by atoms with Gasteiger partial charge < -0.3 is 20.4 Å². The lowest BCUT2D eigenvalue weighted by atomic mass is 10.1. The summed E-state index contributed by atoms with van der Waals surface area (Å²) >= 11 is 0. The highest BCUT2D eigenvalue weighted by molar-refractivity contribution is 5.85. The van der Waals surface area contributed by atoms with Crippen LogP contribution in [-0.2, 0) is 11.2 Å². The molecule has 0 fully saturated rings. The molecule has 164 valence electrons. The topological polar surface area (TPSA) is 129 Å². The summed E-state index contributed by atoms with van der Waals surface area (Å²) in [6.45, 7) is 1.83. The van der Waals surface area contributed by atoms with Crippen LogP contribution in [0.1, 0.15) is 11.1 Å². The number of carbonyl (C=O) groups is 1. The Morgan fingerprint density at radius 3 is 2.39 bits per heavy atom. The molecular weight excluding hydrogens is 417 g/mol. The van der Waals surface area contributed by atoms with E-state index in [1.807, 2.05) is 37.3 Å². The van der Waals surface area contributed by atoms with E-state index in [0.29, 0.717) is 17.7 Å². The van der Waals surface area contributed by atoms with Crippen LogP contribution in [-0.4, -0.2) is 29.2 Å². The summed E-state index contributed by atoms with van der Waals surface area (Å²) in [6.07, 6.45) is -4.66. The summed E-state index contributed by atoms with van der Waals surface area (Å²) in [6, 6.07) is 15.3. The monoisotopic (exact) mass is 435 g/mol. The van der Waals surface area contributed by atoms with Gasteiger partial charge in [-0.05, 0) is 42.5 Å². The predicted molar refractivity (Wildman–Crippen MR) is 106 cm³/mol. The molecule has 0 aliphatic heterocycles. The van der Waals surface area contributed by atoms with Crippen molar-refractivity contribution < 1.29 is 32.6 Å². The van der Waals surface area contributed by atoms with Gasteiger partial charge in [0.1, 0.15) is 5.58 Å². The van der Waals surface area contributed by atoms with Gasteiger partial charge in [0.05, 0.1) is 5.69 Å². The van der Waals surface area contributed by atoms with Crippen molar-refractivity contribution in [3.63, 3.8) is 0 Å². The molecule has 1 aromatic heterocycles. The number of rotatable bonds is 4. The number of nitrogens with zero attached hydrogens (tertiary/aromatic N) is 1. The Kier molecular flexibility index (Phi) is 7.54. The van der Waals surface area contributed by atoms with E-state index in [1.165, 1.54) is 6.07 Å². The van der Waals surface area contributed by atoms with Crippen molar-refractivity contribution in [3.8, 4) is 0 Å². The zero-order chi connectivity index (χ0) is 23.2. The second-order valence-electron chi connectivity index (χ2n) is 6.48. The lowest BCUT2D eigenvalue weighted by Crippen LogP contribution is -2.40. The molecule has 7 nitrogen and oxygen atoms in total. The van der Waals surface area contributed by atoms with Crippen LogP contribution in [0, 0.1) is 6.92 Å². The Balaban J connectivity index is 0.000000423. The van der Waals surface area contributed by atoms with Gasteiger partial charge in [0.2, 0.25) is 0 Å². The molecule has 31 heavy (non-hydrogen) atoms. The summed E-state index contributed by atoms with van der Waals surface area (Å²) in [5.41, 5.74) is 8.14. The number of carboxylic acid groups (broad SMARTS) is 1. The minimum atomic E-state index is -5.08. The number of hydrogen-bond donors (Lipinski definition) is 2. The van der Waals surface area contributed by atoms with Gasteiger partial charge in [-0.1, -0.05) is 30.3 Å². The molecule has 10 heteroatoms. The van der Waals surface area contributed by atoms with Crippen molar-refractivity contribution in [1.82, 2.24) is 0 Å². The fourth-order valence-electron chi connectivity index (χ4n) is 2.55. The maximum absolute atomic E-state index is 12.2. The van der Waals surface area contributed by atoms with Gasteiger partial charge in [0.15, 0.2) is 0 Å². The number of alkyl halides is 3. The molecule has 0 aliphatic carbocycles. The first-order valence-corrected chi connectivity index (χ1v) is 8.87. The Labute approximate surface area is 174 Å². The molecule has 0 spiro atoms. The standard InChI is InChI=1S/C19H18N2O3.C2HF3O2/c1-12-9-18(22)24-17-11-14(7-8-15(12)17)21-19(23)16(20)10-13-5-3-2-4-6-13;3-2(4,5)1(6)7/h2-9,11,16H,10,20H2,1H3,(H,21,23);(H,6,7)/p-1/t16-;/m0./s1. The van der Waals surface area contributed by atoms with Crippen LogP contribution < -0.4 is 16.5 Å². The third-order valence-corrected chi connectivity index (χ3v) is 4.03. The van der Waals surface area contributed by atoms with E-state index >= 15 is 0 Å². The smallest absolute Gasteiger partial charge is 0.490 e. The molecule has 1 atom stereocenters. The molecule has 2 aromatic carbocycles. The molecule has 3 aromatic rings. The van der Waals surface area contributed by atoms with Crippen LogP contribution in [0.2, 0.25) is 0 Å². The third-order valence-electron chi connectivity index (χ3n) is 4.03. The van der Waals surface area contributed by atoms with Crippen molar-refractivity contribution in [2.24, 2.45) is 10.7 Å². The SMILES string of the molecule is Cc1cc(=O)oc2cc(N=C([O-])[C@@H](N)Cc3ccccc3)ccc12.O=C(O)C(F)(F)F. The minimum absolute atomic E-state index is 0.408. The minimum Gasteiger partial charge on any atom is -0.861 e. The molecule has 0 unspecified atom stereocenters. The lowest BCUT2D eigenvalue weighted by Gasteiger charge is -2.19. The fourth-order valence-corrected chi connectivity index (χ4v) is 2.55. The van der Waals surface area contributed by atoms with Gasteiger partial charge in [-0.2, -0.15) is 13.2 Å². The number of benzene rings is 2. The summed E-state index contributed by atoms with van der Waals surface area (Å²) in [5, 5.41) is 20.1. The van der Waals surface area contributed by atoms with Crippen molar-refractivity contribution in [2.45, 2.75) is 25.6 Å². The predicted octanol–water partition coefficient (Wildman–Crippen LogP) is 2.70. The number of halogens is 3. The van der Waals surface area contributed by atoms with Crippen LogP contribution >= 0.6 is 0 Å². The molecule has 3 N–H and O–H groups in total. The number of carboxylic acids is 1. The van der Waals surface area contributed by atoms with Crippen LogP contribution in [0.4, 0.5) is 18.9 Å². The molecule has 0 radical (unpaired) electrons. The van der Waals surface area contributed by atoms with E-state index in [0.717, 1.165) is 16.5 Å². The highest BCUT2D eigenvalue weighted by Crippen LogP contribution is 2.22. The van der Waals surface area contributed by atoms with E-state index in [4.69, 9.17) is 20.1 Å². The zero-order valence-corrected chi connectivity index (χ0v) is 16.2. The molecule has 0 saturated heterocycles. The Morgan fingerprint density at radius 2 is 1.81 bits per heavy atom. The van der Waals surface area contributed by atoms with Crippen LogP contribution in [0.5, 0.6) is 0 Å². The quantitative estimate of drug-likeness (QED) is 0.368. The van der Waals surface area contributed by atoms with Crippen molar-refractivity contribution in [1.29, 1.82) is 0 Å². The van der Waals surface area contributed by atoms with E-state index in [-0.39, 0.29) is 0 Å². The van der Waals surface area contributed by atoms with Crippen molar-refractivity contribution >= 4 is 28.5 Å². The number of aryl methyl sites for hydroxylation is 1. The lowest BCUT2D eigenvalue weighted by molar-refractivity contribution is -0.220. The number of fused-ring (bicyclic) bond motifs is 1. The Morgan fingerprint density at radius 1 is 1.19 bits per heavy atom. The number of nitrogens with two attached hydrogens (primary N) is 1. The summed E-state index contributed by atoms with van der Waals surface area (Å²) in [4.78, 5) is 24.4. The van der Waals surface area contributed by atoms with Gasteiger partial charge in [0.25, 0.3) is 0 Å². The molecule has 0 bridgehead atoms. The highest BCUT2D eigenvalue weighted by atomic mass is 19.4. The molecular formula is C21H18F3N2O5-. The normalized spacial score (nSPS) is 12.7. The van der Waals surface area contributed by atoms with Gasteiger partial charge >= 0.3 is 17.8 Å². The maximum atomic E-state index is 12.2. The van der Waals surface area contributed by atoms with E-state index in [1.54, 1.807) is 18.2 Å². The highest BCUT2D eigenvalue weighted by Gasteiger charge is 2.38. The van der Waals surface area contributed by atoms with Gasteiger partial charge in [-0.15, -0.1) is 0 Å². The van der Waals surface area contributed by atoms with Crippen molar-refractivity contribution in [3.05, 3.63) is 76.1 Å². The number of aliphatic imine (C=N–C) groups is 1. The molecule has 1 heterocycles. The summed E-state index contributed by atoms with van der Waals surface area (Å²) < 4.78 is 36.9. The van der Waals surface area contributed by atoms with Gasteiger partial charge in [0, 0.05) is 23.6 Å². The molecule has 3 rings (SSSR count). The van der Waals surface area contributed by atoms with Gasteiger partial charge in [-0.25, -0.2) is 9.59 Å². The first-order valence-electron chi connectivity index (χ1n) is 8.87. The maximum Gasteiger partial charge on any atom is 0.490 e. The first-order chi connectivity index (χ1) is 14.5. The molecule has 0 saturated carbocycles. The van der Waals surface area contributed by atoms with Gasteiger partial charge in [-0.3, -0.25) is 4.99 Å². The molecule has 0 aliphatic rings. The van der Waals surface area contributed by atoms with E-state index < -0.39 is 29.7 Å². The summed E-state index contributed by atoms with van der Waals surface area (Å²) in [7, 11) is 0. The average molecular weight is 435 g/mol. The second-order valence-corrected chi connectivity index (χ2v) is 6.48. The van der Waals surface area contributed by atoms with Crippen LogP contribution in [0.15, 0.2) is 68.8 Å². The Bertz CT molecular complexity index is 1140. The van der Waals surface area contributed by atoms with Crippen LogP contribution in [0.3, 0.4) is 0 Å². The average Bonchev–Trinajstić information content (AvgIpc) is 2.68. The molecule has 0 amide bonds. The summed E-state index contributed by atoms with van der Waals surface area (Å²) in [5.74, 6) is -3.17. The van der Waals surface area contributed by atoms with Crippen molar-refractivity contribution in [2.75, 3.05) is 0 Å². The first kappa shape index (κ1) is 23.6. The Hall–Kier alpha value is -3.66. The van der Waals surface area contributed by atoms with E-state index in [9.17, 15) is 23.1 Å².